The van der Waals surface area contributed by atoms with Gasteiger partial charge >= 0.3 is 7.60 Å². The van der Waals surface area contributed by atoms with Crippen LogP contribution in [0.1, 0.15) is 25.0 Å². The third-order valence-electron chi connectivity index (χ3n) is 3.66. The van der Waals surface area contributed by atoms with E-state index in [2.05, 4.69) is 0 Å². The Balaban J connectivity index is 2.18. The Kier molecular flexibility index (Phi) is 4.51. The maximum absolute atomic E-state index is 13.0. The van der Waals surface area contributed by atoms with Crippen LogP contribution in [-0.2, 0) is 13.6 Å². The van der Waals surface area contributed by atoms with Crippen molar-refractivity contribution in [2.24, 2.45) is 0 Å². The lowest BCUT2D eigenvalue weighted by Gasteiger charge is -2.27. The van der Waals surface area contributed by atoms with E-state index >= 15 is 0 Å². The quantitative estimate of drug-likeness (QED) is 0.674. The minimum absolute atomic E-state index is 0.338. The molecule has 1 atom stereocenters. The van der Waals surface area contributed by atoms with Gasteiger partial charge in [-0.15, -0.1) is 0 Å². The Morgan fingerprint density at radius 2 is 1.52 bits per heavy atom. The molecule has 0 saturated carbocycles. The van der Waals surface area contributed by atoms with Gasteiger partial charge in [-0.05, 0) is 25.5 Å². The van der Waals surface area contributed by atoms with Gasteiger partial charge in [-0.3, -0.25) is 4.52 Å². The SMILES string of the molecule is CCOP1(=O)OC(c2ccccc2)=C(c2ccccc2)C=C1C. The van der Waals surface area contributed by atoms with E-state index in [0.717, 1.165) is 16.7 Å². The third-order valence-corrected chi connectivity index (χ3v) is 5.68. The van der Waals surface area contributed by atoms with Gasteiger partial charge in [0.05, 0.1) is 11.9 Å². The van der Waals surface area contributed by atoms with Crippen molar-refractivity contribution in [2.45, 2.75) is 13.8 Å². The molecule has 118 valence electrons. The normalized spacial score (nSPS) is 20.9. The van der Waals surface area contributed by atoms with Crippen molar-refractivity contribution in [3.05, 3.63) is 83.2 Å². The first kappa shape index (κ1) is 15.8. The molecule has 3 nitrogen and oxygen atoms in total. The molecule has 4 heteroatoms. The van der Waals surface area contributed by atoms with Crippen LogP contribution in [0, 0.1) is 0 Å². The third kappa shape index (κ3) is 3.17. The molecule has 23 heavy (non-hydrogen) atoms. The van der Waals surface area contributed by atoms with Gasteiger partial charge in [0.1, 0.15) is 5.76 Å². The second kappa shape index (κ2) is 6.57. The minimum Gasteiger partial charge on any atom is -0.420 e. The van der Waals surface area contributed by atoms with E-state index in [1.165, 1.54) is 0 Å². The van der Waals surface area contributed by atoms with Gasteiger partial charge in [-0.1, -0.05) is 60.7 Å². The van der Waals surface area contributed by atoms with Crippen LogP contribution in [0.5, 0.6) is 0 Å². The Morgan fingerprint density at radius 1 is 0.957 bits per heavy atom. The fraction of sp³-hybridized carbons (Fsp3) is 0.158. The molecule has 0 radical (unpaired) electrons. The minimum atomic E-state index is -3.28. The molecule has 3 rings (SSSR count). The van der Waals surface area contributed by atoms with Gasteiger partial charge in [0.15, 0.2) is 0 Å². The maximum Gasteiger partial charge on any atom is 0.406 e. The van der Waals surface area contributed by atoms with Gasteiger partial charge in [0.25, 0.3) is 0 Å². The van der Waals surface area contributed by atoms with Crippen molar-refractivity contribution in [1.29, 1.82) is 0 Å². The van der Waals surface area contributed by atoms with E-state index in [1.807, 2.05) is 73.7 Å². The number of hydrogen-bond acceptors (Lipinski definition) is 3. The summed E-state index contributed by atoms with van der Waals surface area (Å²) >= 11 is 0. The highest BCUT2D eigenvalue weighted by molar-refractivity contribution is 7.58. The zero-order valence-electron chi connectivity index (χ0n) is 13.2. The van der Waals surface area contributed by atoms with Crippen molar-refractivity contribution in [3.63, 3.8) is 0 Å². The molecule has 0 saturated heterocycles. The van der Waals surface area contributed by atoms with Gasteiger partial charge in [0.2, 0.25) is 0 Å². The molecular weight excluding hydrogens is 307 g/mol. The molecular formula is C19H19O3P. The van der Waals surface area contributed by atoms with Crippen LogP contribution >= 0.6 is 7.60 Å². The number of hydrogen-bond donors (Lipinski definition) is 0. The molecule has 0 N–H and O–H groups in total. The Labute approximate surface area is 136 Å². The Bertz CT molecular complexity index is 792. The van der Waals surface area contributed by atoms with E-state index in [-0.39, 0.29) is 0 Å². The highest BCUT2D eigenvalue weighted by atomic mass is 31.2. The lowest BCUT2D eigenvalue weighted by atomic mass is 10.0. The van der Waals surface area contributed by atoms with Crippen LogP contribution in [0.25, 0.3) is 11.3 Å². The van der Waals surface area contributed by atoms with Crippen molar-refractivity contribution in [1.82, 2.24) is 0 Å². The van der Waals surface area contributed by atoms with E-state index in [9.17, 15) is 4.57 Å². The van der Waals surface area contributed by atoms with Crippen LogP contribution in [0.15, 0.2) is 72.1 Å². The highest BCUT2D eigenvalue weighted by Gasteiger charge is 2.35. The largest absolute Gasteiger partial charge is 0.420 e. The monoisotopic (exact) mass is 326 g/mol. The summed E-state index contributed by atoms with van der Waals surface area (Å²) < 4.78 is 24.4. The molecule has 2 aromatic carbocycles. The molecule has 0 aromatic heterocycles. The van der Waals surface area contributed by atoms with Crippen molar-refractivity contribution < 1.29 is 13.6 Å². The van der Waals surface area contributed by atoms with E-state index in [0.29, 0.717) is 17.7 Å². The topological polar surface area (TPSA) is 35.5 Å². The summed E-state index contributed by atoms with van der Waals surface area (Å²) in [5.41, 5.74) is 2.82. The van der Waals surface area contributed by atoms with Gasteiger partial charge < -0.3 is 4.52 Å². The van der Waals surface area contributed by atoms with Gasteiger partial charge in [0, 0.05) is 11.1 Å². The molecule has 1 aliphatic rings. The number of allylic oxidation sites excluding steroid dienone is 3. The molecule has 0 bridgehead atoms. The van der Waals surface area contributed by atoms with Crippen molar-refractivity contribution in [2.75, 3.05) is 6.61 Å². The number of rotatable bonds is 4. The zero-order valence-corrected chi connectivity index (χ0v) is 14.1. The highest BCUT2D eigenvalue weighted by Crippen LogP contribution is 2.62. The van der Waals surface area contributed by atoms with Crippen LogP contribution in [0.4, 0.5) is 0 Å². The molecule has 1 aliphatic heterocycles. The summed E-state index contributed by atoms with van der Waals surface area (Å²) in [6.45, 7) is 3.95. The first-order valence-electron chi connectivity index (χ1n) is 7.62. The smallest absolute Gasteiger partial charge is 0.406 e. The molecule has 0 aliphatic carbocycles. The van der Waals surface area contributed by atoms with Gasteiger partial charge in [-0.25, -0.2) is 4.57 Å². The predicted molar refractivity (Wildman–Crippen MR) is 93.8 cm³/mol. The summed E-state index contributed by atoms with van der Waals surface area (Å²) in [4.78, 5) is 0. The summed E-state index contributed by atoms with van der Waals surface area (Å²) in [7, 11) is -3.28. The molecule has 0 spiro atoms. The summed E-state index contributed by atoms with van der Waals surface area (Å²) in [5, 5.41) is 0.623. The number of benzene rings is 2. The lowest BCUT2D eigenvalue weighted by molar-refractivity contribution is 0.275. The fourth-order valence-electron chi connectivity index (χ4n) is 2.52. The lowest BCUT2D eigenvalue weighted by Crippen LogP contribution is -2.04. The summed E-state index contributed by atoms with van der Waals surface area (Å²) in [6.07, 6.45) is 1.91. The van der Waals surface area contributed by atoms with E-state index in [1.54, 1.807) is 6.92 Å². The maximum atomic E-state index is 13.0. The molecule has 1 heterocycles. The summed E-state index contributed by atoms with van der Waals surface area (Å²) in [5.74, 6) is 0.596. The van der Waals surface area contributed by atoms with E-state index in [4.69, 9.17) is 9.05 Å². The Hall–Kier alpha value is -2.09. The van der Waals surface area contributed by atoms with Crippen LogP contribution in [0.3, 0.4) is 0 Å². The van der Waals surface area contributed by atoms with Crippen molar-refractivity contribution in [3.8, 4) is 0 Å². The zero-order chi connectivity index (χ0) is 16.3. The molecule has 2 aromatic rings. The van der Waals surface area contributed by atoms with Gasteiger partial charge in [-0.2, -0.15) is 0 Å². The first-order chi connectivity index (χ1) is 11.1. The van der Waals surface area contributed by atoms with Crippen LogP contribution in [-0.4, -0.2) is 6.61 Å². The van der Waals surface area contributed by atoms with Crippen LogP contribution < -0.4 is 0 Å². The average Bonchev–Trinajstić information content (AvgIpc) is 2.59. The van der Waals surface area contributed by atoms with Crippen molar-refractivity contribution >= 4 is 18.9 Å². The second-order valence-electron chi connectivity index (χ2n) is 5.27. The predicted octanol–water partition coefficient (Wildman–Crippen LogP) is 5.72. The fourth-order valence-corrected chi connectivity index (χ4v) is 3.99. The average molecular weight is 326 g/mol. The van der Waals surface area contributed by atoms with Crippen LogP contribution in [0.2, 0.25) is 0 Å². The second-order valence-corrected chi connectivity index (χ2v) is 7.41. The molecule has 1 unspecified atom stereocenters. The first-order valence-corrected chi connectivity index (χ1v) is 9.16. The Morgan fingerprint density at radius 3 is 2.09 bits per heavy atom. The van der Waals surface area contributed by atoms with E-state index < -0.39 is 7.60 Å². The molecule has 0 amide bonds. The summed E-state index contributed by atoms with van der Waals surface area (Å²) in [6, 6.07) is 19.7. The molecule has 0 fully saturated rings. The standard InChI is InChI=1S/C19H19O3P/c1-3-21-23(20)15(2)14-18(16-10-6-4-7-11-16)19(22-23)17-12-8-5-9-13-17/h4-14H,3H2,1-2H3.